The van der Waals surface area contributed by atoms with Gasteiger partial charge in [-0.3, -0.25) is 9.59 Å². The van der Waals surface area contributed by atoms with Gasteiger partial charge in [0.25, 0.3) is 0 Å². The molecule has 148 valence electrons. The first-order chi connectivity index (χ1) is 12.9. The van der Waals surface area contributed by atoms with E-state index in [-0.39, 0.29) is 11.8 Å². The molecule has 0 aliphatic heterocycles. The molecular weight excluding hydrogens is 444 g/mol. The van der Waals surface area contributed by atoms with Crippen LogP contribution in [0.15, 0.2) is 20.8 Å². The molecule has 0 saturated carbocycles. The van der Waals surface area contributed by atoms with Gasteiger partial charge in [-0.1, -0.05) is 46.5 Å². The topological polar surface area (TPSA) is 66.4 Å². The zero-order valence-corrected chi connectivity index (χ0v) is 19.3. The maximum atomic E-state index is 12.3. The number of amides is 2. The summed E-state index contributed by atoms with van der Waals surface area (Å²) in [7, 11) is 1.77. The Hall–Kier alpha value is -0.810. The molecule has 0 fully saturated rings. The summed E-state index contributed by atoms with van der Waals surface area (Å²) in [5, 5.41) is 8.19. The SMILES string of the molecule is CCN(CC)C(=O)CSc1nnc(SCC(=O)N(C)Cc2ccc(Cl)s2)s1. The van der Waals surface area contributed by atoms with Crippen molar-refractivity contribution in [1.29, 1.82) is 0 Å². The van der Waals surface area contributed by atoms with Gasteiger partial charge in [-0.2, -0.15) is 0 Å². The number of carbonyl (C=O) groups excluding carboxylic acids is 2. The van der Waals surface area contributed by atoms with E-state index in [0.29, 0.717) is 31.1 Å². The lowest BCUT2D eigenvalue weighted by molar-refractivity contribution is -0.128. The van der Waals surface area contributed by atoms with Crippen molar-refractivity contribution in [1.82, 2.24) is 20.0 Å². The molecule has 2 aromatic rings. The maximum absolute atomic E-state index is 12.3. The first-order valence-corrected chi connectivity index (χ1v) is 12.3. The van der Waals surface area contributed by atoms with E-state index in [9.17, 15) is 9.59 Å². The van der Waals surface area contributed by atoms with Crippen molar-refractivity contribution in [2.24, 2.45) is 0 Å². The average Bonchev–Trinajstić information content (AvgIpc) is 3.27. The number of hydrogen-bond acceptors (Lipinski definition) is 8. The summed E-state index contributed by atoms with van der Waals surface area (Å²) < 4.78 is 2.19. The molecule has 0 unspecified atom stereocenters. The smallest absolute Gasteiger partial charge is 0.233 e. The van der Waals surface area contributed by atoms with E-state index in [1.807, 2.05) is 26.0 Å². The molecule has 2 aromatic heterocycles. The molecule has 2 rings (SSSR count). The van der Waals surface area contributed by atoms with Gasteiger partial charge in [-0.05, 0) is 26.0 Å². The highest BCUT2D eigenvalue weighted by Crippen LogP contribution is 2.29. The molecular formula is C16H21ClN4O2S4. The molecule has 6 nitrogen and oxygen atoms in total. The highest BCUT2D eigenvalue weighted by atomic mass is 35.5. The van der Waals surface area contributed by atoms with Crippen molar-refractivity contribution in [3.05, 3.63) is 21.3 Å². The molecule has 0 bridgehead atoms. The van der Waals surface area contributed by atoms with Gasteiger partial charge in [-0.15, -0.1) is 21.5 Å². The second-order valence-corrected chi connectivity index (χ2v) is 10.7. The Balaban J connectivity index is 1.76. The van der Waals surface area contributed by atoms with E-state index in [2.05, 4.69) is 10.2 Å². The third-order valence-electron chi connectivity index (χ3n) is 3.59. The molecule has 11 heteroatoms. The van der Waals surface area contributed by atoms with Crippen LogP contribution in [0.4, 0.5) is 0 Å². The molecule has 27 heavy (non-hydrogen) atoms. The maximum Gasteiger partial charge on any atom is 0.233 e. The number of thiophene rings is 1. The highest BCUT2D eigenvalue weighted by Gasteiger charge is 2.15. The predicted octanol–water partition coefficient (Wildman–Crippen LogP) is 3.96. The predicted molar refractivity (Wildman–Crippen MR) is 115 cm³/mol. The lowest BCUT2D eigenvalue weighted by atomic mass is 10.4. The number of rotatable bonds is 10. The average molecular weight is 465 g/mol. The number of nitrogens with zero attached hydrogens (tertiary/aromatic N) is 4. The van der Waals surface area contributed by atoms with Crippen molar-refractivity contribution in [2.75, 3.05) is 31.6 Å². The third kappa shape index (κ3) is 7.26. The van der Waals surface area contributed by atoms with Crippen LogP contribution >= 0.6 is 57.8 Å². The van der Waals surface area contributed by atoms with Gasteiger partial charge in [0.05, 0.1) is 22.4 Å². The van der Waals surface area contributed by atoms with E-state index >= 15 is 0 Å². The minimum atomic E-state index is 0.0191. The monoisotopic (exact) mass is 464 g/mol. The number of carbonyl (C=O) groups is 2. The van der Waals surface area contributed by atoms with Crippen LogP contribution in [0.5, 0.6) is 0 Å². The zero-order chi connectivity index (χ0) is 19.8. The summed E-state index contributed by atoms with van der Waals surface area (Å²) in [5.74, 6) is 0.768. The molecule has 0 saturated heterocycles. The van der Waals surface area contributed by atoms with Crippen LogP contribution in [0, 0.1) is 0 Å². The van der Waals surface area contributed by atoms with E-state index < -0.39 is 0 Å². The van der Waals surface area contributed by atoms with Crippen LogP contribution in [0.1, 0.15) is 18.7 Å². The summed E-state index contributed by atoms with van der Waals surface area (Å²) >= 11 is 11.6. The van der Waals surface area contributed by atoms with Gasteiger partial charge in [0.1, 0.15) is 0 Å². The number of aromatic nitrogens is 2. The molecule has 2 amide bonds. The Kier molecular flexibility index (Phi) is 9.37. The Labute approximate surface area is 180 Å². The highest BCUT2D eigenvalue weighted by molar-refractivity contribution is 8.03. The van der Waals surface area contributed by atoms with Gasteiger partial charge < -0.3 is 9.80 Å². The van der Waals surface area contributed by atoms with Crippen molar-refractivity contribution in [3.8, 4) is 0 Å². The molecule has 0 atom stereocenters. The molecule has 0 N–H and O–H groups in total. The first-order valence-electron chi connectivity index (χ1n) is 8.28. The summed E-state index contributed by atoms with van der Waals surface area (Å²) in [4.78, 5) is 28.8. The zero-order valence-electron chi connectivity index (χ0n) is 15.3. The van der Waals surface area contributed by atoms with Gasteiger partial charge in [0, 0.05) is 25.0 Å². The number of thioether (sulfide) groups is 2. The molecule has 0 spiro atoms. The second kappa shape index (κ2) is 11.3. The summed E-state index contributed by atoms with van der Waals surface area (Å²) in [6.45, 7) is 5.89. The lowest BCUT2D eigenvalue weighted by Gasteiger charge is -2.17. The Morgan fingerprint density at radius 3 is 2.15 bits per heavy atom. The van der Waals surface area contributed by atoms with E-state index in [4.69, 9.17) is 11.6 Å². The van der Waals surface area contributed by atoms with Gasteiger partial charge >= 0.3 is 0 Å². The molecule has 0 aliphatic carbocycles. The largest absolute Gasteiger partial charge is 0.343 e. The standard InChI is InChI=1S/C16H21ClN4O2S4/c1-4-21(5-2)14(23)10-25-16-19-18-15(27-16)24-9-13(22)20(3)8-11-6-7-12(17)26-11/h6-7H,4-5,8-10H2,1-3H3. The lowest BCUT2D eigenvalue weighted by Crippen LogP contribution is -2.31. The van der Waals surface area contributed by atoms with Crippen LogP contribution in [-0.2, 0) is 16.1 Å². The van der Waals surface area contributed by atoms with Crippen LogP contribution in [-0.4, -0.2) is 63.5 Å². The number of hydrogen-bond donors (Lipinski definition) is 0. The van der Waals surface area contributed by atoms with Gasteiger partial charge in [0.2, 0.25) is 11.8 Å². The molecule has 0 aliphatic rings. The minimum Gasteiger partial charge on any atom is -0.343 e. The Morgan fingerprint density at radius 2 is 1.63 bits per heavy atom. The fourth-order valence-electron chi connectivity index (χ4n) is 2.10. The van der Waals surface area contributed by atoms with Crippen molar-refractivity contribution in [3.63, 3.8) is 0 Å². The summed E-state index contributed by atoms with van der Waals surface area (Å²) in [6.07, 6.45) is 0. The van der Waals surface area contributed by atoms with Crippen LogP contribution in [0.2, 0.25) is 4.34 Å². The fourth-order valence-corrected chi connectivity index (χ4v) is 6.10. The molecule has 0 radical (unpaired) electrons. The Bertz CT molecular complexity index is 763. The quantitative estimate of drug-likeness (QED) is 0.496. The van der Waals surface area contributed by atoms with Crippen molar-refractivity contribution in [2.45, 2.75) is 29.1 Å². The van der Waals surface area contributed by atoms with Gasteiger partial charge in [0.15, 0.2) is 8.68 Å². The number of halogens is 1. The second-order valence-electron chi connectivity index (χ2n) is 5.43. The van der Waals surface area contributed by atoms with Crippen LogP contribution in [0.25, 0.3) is 0 Å². The van der Waals surface area contributed by atoms with Gasteiger partial charge in [-0.25, -0.2) is 0 Å². The van der Waals surface area contributed by atoms with E-state index in [0.717, 1.165) is 17.9 Å². The summed E-state index contributed by atoms with van der Waals surface area (Å²) in [5.41, 5.74) is 0. The van der Waals surface area contributed by atoms with E-state index in [1.165, 1.54) is 46.2 Å². The van der Waals surface area contributed by atoms with Crippen molar-refractivity contribution < 1.29 is 9.59 Å². The van der Waals surface area contributed by atoms with Crippen molar-refractivity contribution >= 4 is 69.6 Å². The molecule has 2 heterocycles. The molecule has 0 aromatic carbocycles. The first kappa shape index (κ1) is 22.5. The van der Waals surface area contributed by atoms with E-state index in [1.54, 1.807) is 16.8 Å². The normalized spacial score (nSPS) is 10.8. The minimum absolute atomic E-state index is 0.0191. The fraction of sp³-hybridized carbons (Fsp3) is 0.500. The van der Waals surface area contributed by atoms with Crippen LogP contribution in [0.3, 0.4) is 0 Å². The summed E-state index contributed by atoms with van der Waals surface area (Å²) in [6, 6.07) is 3.76. The van der Waals surface area contributed by atoms with Crippen LogP contribution < -0.4 is 0 Å². The Morgan fingerprint density at radius 1 is 1.04 bits per heavy atom. The third-order valence-corrected chi connectivity index (χ3v) is 7.97.